The fourth-order valence-electron chi connectivity index (χ4n) is 2.66. The van der Waals surface area contributed by atoms with Crippen molar-refractivity contribution >= 4 is 39.9 Å². The summed E-state index contributed by atoms with van der Waals surface area (Å²) in [6.07, 6.45) is 1.35. The molecule has 0 aliphatic rings. The molecule has 0 unspecified atom stereocenters. The number of nitrogens with one attached hydrogen (secondary N) is 2. The summed E-state index contributed by atoms with van der Waals surface area (Å²) in [5, 5.41) is 6.37. The number of halogens is 2. The Bertz CT molecular complexity index is 1050. The summed E-state index contributed by atoms with van der Waals surface area (Å²) in [5.41, 5.74) is 2.85. The Morgan fingerprint density at radius 2 is 1.88 bits per heavy atom. The number of rotatable bonds is 12. The molecule has 2 aromatic rings. The van der Waals surface area contributed by atoms with Crippen LogP contribution >= 0.6 is 15.9 Å². The third-order valence-electron chi connectivity index (χ3n) is 4.13. The van der Waals surface area contributed by atoms with Crippen LogP contribution in [0.25, 0.3) is 0 Å². The van der Waals surface area contributed by atoms with E-state index in [1.807, 2.05) is 0 Å². The van der Waals surface area contributed by atoms with E-state index in [2.05, 4.69) is 31.8 Å². The van der Waals surface area contributed by atoms with Gasteiger partial charge in [0.15, 0.2) is 18.1 Å². The van der Waals surface area contributed by atoms with Gasteiger partial charge in [0, 0.05) is 13.0 Å². The van der Waals surface area contributed by atoms with E-state index in [1.54, 1.807) is 32.0 Å². The lowest BCUT2D eigenvalue weighted by Gasteiger charge is -2.14. The molecule has 0 aliphatic heterocycles. The highest BCUT2D eigenvalue weighted by molar-refractivity contribution is 9.10. The summed E-state index contributed by atoms with van der Waals surface area (Å²) in [6, 6.07) is 8.89. The van der Waals surface area contributed by atoms with Gasteiger partial charge >= 0.3 is 5.97 Å². The molecular formula is C23H25BrFN3O6. The van der Waals surface area contributed by atoms with Crippen molar-refractivity contribution in [2.75, 3.05) is 26.4 Å². The summed E-state index contributed by atoms with van der Waals surface area (Å²) in [7, 11) is 0. The molecule has 11 heteroatoms. The van der Waals surface area contributed by atoms with Gasteiger partial charge < -0.3 is 19.5 Å². The van der Waals surface area contributed by atoms with Crippen LogP contribution in [0.1, 0.15) is 36.2 Å². The average molecular weight is 538 g/mol. The predicted octanol–water partition coefficient (Wildman–Crippen LogP) is 3.20. The van der Waals surface area contributed by atoms with Crippen LogP contribution in [0.15, 0.2) is 46.0 Å². The molecule has 0 aliphatic carbocycles. The van der Waals surface area contributed by atoms with Gasteiger partial charge in [0.25, 0.3) is 5.91 Å². The molecule has 0 fully saturated rings. The third kappa shape index (κ3) is 8.47. The number of hydrogen-bond acceptors (Lipinski definition) is 7. The van der Waals surface area contributed by atoms with Crippen LogP contribution < -0.4 is 20.2 Å². The van der Waals surface area contributed by atoms with Gasteiger partial charge in [0.1, 0.15) is 5.82 Å². The average Bonchev–Trinajstić information content (AvgIpc) is 2.79. The SMILES string of the molecule is CCOC(=O)COc1c(Br)cc(C=NNC(=O)CCNC(=O)c2ccccc2F)cc1OCC. The van der Waals surface area contributed by atoms with Crippen molar-refractivity contribution in [1.82, 2.24) is 10.7 Å². The molecule has 2 amide bonds. The Kier molecular flexibility index (Phi) is 11.0. The van der Waals surface area contributed by atoms with E-state index >= 15 is 0 Å². The number of nitrogens with zero attached hydrogens (tertiary/aromatic N) is 1. The highest BCUT2D eigenvalue weighted by Crippen LogP contribution is 2.36. The monoisotopic (exact) mass is 537 g/mol. The normalized spacial score (nSPS) is 10.6. The standard InChI is InChI=1S/C23H25BrFN3O6/c1-3-32-19-12-15(11-17(24)22(19)34-14-21(30)33-4-2)13-27-28-20(29)9-10-26-23(31)16-7-5-6-8-18(16)25/h5-8,11-13H,3-4,9-10,14H2,1-2H3,(H,26,31)(H,28,29). The van der Waals surface area contributed by atoms with Crippen LogP contribution in [-0.2, 0) is 14.3 Å². The molecule has 2 aromatic carbocycles. The molecule has 0 saturated carbocycles. The quantitative estimate of drug-likeness (QED) is 0.244. The first-order valence-electron chi connectivity index (χ1n) is 10.4. The number of ether oxygens (including phenoxy) is 3. The fourth-order valence-corrected chi connectivity index (χ4v) is 3.24. The van der Waals surface area contributed by atoms with E-state index in [0.717, 1.165) is 0 Å². The number of carbonyl (C=O) groups is 3. The molecule has 0 saturated heterocycles. The van der Waals surface area contributed by atoms with Gasteiger partial charge in [-0.2, -0.15) is 5.10 Å². The van der Waals surface area contributed by atoms with Crippen molar-refractivity contribution in [1.29, 1.82) is 0 Å². The van der Waals surface area contributed by atoms with Gasteiger partial charge in [-0.15, -0.1) is 0 Å². The van der Waals surface area contributed by atoms with Gasteiger partial charge in [-0.25, -0.2) is 14.6 Å². The van der Waals surface area contributed by atoms with Crippen molar-refractivity contribution in [2.24, 2.45) is 5.10 Å². The van der Waals surface area contributed by atoms with Crippen molar-refractivity contribution in [2.45, 2.75) is 20.3 Å². The first-order chi connectivity index (χ1) is 16.3. The molecule has 34 heavy (non-hydrogen) atoms. The zero-order valence-corrected chi connectivity index (χ0v) is 20.3. The molecule has 0 atom stereocenters. The molecule has 0 spiro atoms. The van der Waals surface area contributed by atoms with Crippen LogP contribution in [0.2, 0.25) is 0 Å². The molecule has 0 heterocycles. The number of amides is 2. The smallest absolute Gasteiger partial charge is 0.344 e. The van der Waals surface area contributed by atoms with Crippen LogP contribution in [0, 0.1) is 5.82 Å². The van der Waals surface area contributed by atoms with E-state index in [4.69, 9.17) is 14.2 Å². The maximum atomic E-state index is 13.6. The summed E-state index contributed by atoms with van der Waals surface area (Å²) in [6.45, 7) is 3.85. The largest absolute Gasteiger partial charge is 0.490 e. The maximum Gasteiger partial charge on any atom is 0.344 e. The van der Waals surface area contributed by atoms with E-state index in [-0.39, 0.29) is 31.7 Å². The summed E-state index contributed by atoms with van der Waals surface area (Å²) >= 11 is 3.38. The summed E-state index contributed by atoms with van der Waals surface area (Å²) in [4.78, 5) is 35.5. The summed E-state index contributed by atoms with van der Waals surface area (Å²) < 4.78 is 30.1. The molecular weight excluding hydrogens is 513 g/mol. The van der Waals surface area contributed by atoms with Crippen molar-refractivity contribution < 1.29 is 33.0 Å². The van der Waals surface area contributed by atoms with E-state index in [9.17, 15) is 18.8 Å². The van der Waals surface area contributed by atoms with E-state index in [0.29, 0.717) is 28.1 Å². The van der Waals surface area contributed by atoms with Crippen LogP contribution in [0.4, 0.5) is 4.39 Å². The van der Waals surface area contributed by atoms with Gasteiger partial charge in [-0.1, -0.05) is 12.1 Å². The second-order valence-corrected chi connectivity index (χ2v) is 7.49. The number of hydrazone groups is 1. The molecule has 2 rings (SSSR count). The zero-order chi connectivity index (χ0) is 24.9. The number of benzene rings is 2. The summed E-state index contributed by atoms with van der Waals surface area (Å²) in [5.74, 6) is -1.47. The third-order valence-corrected chi connectivity index (χ3v) is 4.72. The molecule has 182 valence electrons. The highest BCUT2D eigenvalue weighted by Gasteiger charge is 2.14. The predicted molar refractivity (Wildman–Crippen MR) is 127 cm³/mol. The van der Waals surface area contributed by atoms with Crippen LogP contribution in [0.5, 0.6) is 11.5 Å². The van der Waals surface area contributed by atoms with Crippen molar-refractivity contribution in [3.8, 4) is 11.5 Å². The van der Waals surface area contributed by atoms with E-state index in [1.165, 1.54) is 24.4 Å². The Hall–Kier alpha value is -3.47. The lowest BCUT2D eigenvalue weighted by molar-refractivity contribution is -0.145. The minimum absolute atomic E-state index is 0.0149. The lowest BCUT2D eigenvalue weighted by Crippen LogP contribution is -2.29. The number of carbonyl (C=O) groups excluding carboxylic acids is 3. The minimum atomic E-state index is -0.635. The number of hydrogen-bond donors (Lipinski definition) is 2. The second-order valence-electron chi connectivity index (χ2n) is 6.64. The molecule has 2 N–H and O–H groups in total. The topological polar surface area (TPSA) is 115 Å². The Morgan fingerprint density at radius 3 is 2.59 bits per heavy atom. The van der Waals surface area contributed by atoms with Crippen molar-refractivity contribution in [3.63, 3.8) is 0 Å². The van der Waals surface area contributed by atoms with Gasteiger partial charge in [0.2, 0.25) is 5.91 Å². The van der Waals surface area contributed by atoms with E-state index < -0.39 is 23.6 Å². The molecule has 0 radical (unpaired) electrons. The van der Waals surface area contributed by atoms with Gasteiger partial charge in [-0.3, -0.25) is 9.59 Å². The number of esters is 1. The lowest BCUT2D eigenvalue weighted by atomic mass is 10.2. The molecule has 9 nitrogen and oxygen atoms in total. The highest BCUT2D eigenvalue weighted by atomic mass is 79.9. The van der Waals surface area contributed by atoms with Gasteiger partial charge in [-0.05, 0) is 59.6 Å². The minimum Gasteiger partial charge on any atom is -0.490 e. The van der Waals surface area contributed by atoms with Gasteiger partial charge in [0.05, 0.1) is 29.5 Å². The Morgan fingerprint density at radius 1 is 1.12 bits per heavy atom. The molecule has 0 aromatic heterocycles. The fraction of sp³-hybridized carbons (Fsp3) is 0.304. The second kappa shape index (κ2) is 13.9. The Labute approximate surface area is 204 Å². The first-order valence-corrected chi connectivity index (χ1v) is 11.2. The maximum absolute atomic E-state index is 13.6. The zero-order valence-electron chi connectivity index (χ0n) is 18.7. The van der Waals surface area contributed by atoms with Crippen LogP contribution in [0.3, 0.4) is 0 Å². The molecule has 0 bridgehead atoms. The first kappa shape index (κ1) is 26.8. The van der Waals surface area contributed by atoms with Crippen LogP contribution in [-0.4, -0.2) is 50.4 Å². The van der Waals surface area contributed by atoms with Crippen molar-refractivity contribution in [3.05, 3.63) is 57.8 Å². The Balaban J connectivity index is 1.90.